The fraction of sp³-hybridized carbons (Fsp3) is 0.190. The van der Waals surface area contributed by atoms with E-state index < -0.39 is 0 Å². The van der Waals surface area contributed by atoms with Crippen molar-refractivity contribution in [3.63, 3.8) is 0 Å². The highest BCUT2D eigenvalue weighted by atomic mass is 16.3. The maximum atomic E-state index is 5.83. The number of hydrogen-bond donors (Lipinski definition) is 1. The summed E-state index contributed by atoms with van der Waals surface area (Å²) >= 11 is 0. The molecule has 3 heterocycles. The van der Waals surface area contributed by atoms with Gasteiger partial charge in [0.2, 0.25) is 5.71 Å². The molecule has 3 heteroatoms. The number of nitrogens with one attached hydrogen (secondary N) is 1. The molecule has 3 nitrogen and oxygen atoms in total. The first-order chi connectivity index (χ1) is 11.9. The van der Waals surface area contributed by atoms with Crippen LogP contribution in [0.3, 0.4) is 0 Å². The number of fused-ring (bicyclic) bond motifs is 6. The van der Waals surface area contributed by atoms with Crippen LogP contribution in [0.25, 0.3) is 44.0 Å². The third-order valence-electron chi connectivity index (χ3n) is 3.84. The van der Waals surface area contributed by atoms with Gasteiger partial charge < -0.3 is 9.40 Å². The predicted molar refractivity (Wildman–Crippen MR) is 104 cm³/mol. The number of nitrogens with zero attached hydrogens (tertiary/aromatic N) is 1. The lowest BCUT2D eigenvalue weighted by Gasteiger charge is -1.91. The van der Waals surface area contributed by atoms with Crippen LogP contribution < -0.4 is 0 Å². The van der Waals surface area contributed by atoms with E-state index in [1.165, 1.54) is 5.39 Å². The highest BCUT2D eigenvalue weighted by molar-refractivity contribution is 6.13. The van der Waals surface area contributed by atoms with E-state index in [1.54, 1.807) is 0 Å². The van der Waals surface area contributed by atoms with Crippen molar-refractivity contribution < 1.29 is 4.42 Å². The van der Waals surface area contributed by atoms with E-state index in [4.69, 9.17) is 4.42 Å². The van der Waals surface area contributed by atoms with Crippen molar-refractivity contribution in [3.8, 4) is 0 Å². The second kappa shape index (κ2) is 6.75. The zero-order valence-corrected chi connectivity index (χ0v) is 14.6. The molecule has 0 aliphatic heterocycles. The van der Waals surface area contributed by atoms with Gasteiger partial charge >= 0.3 is 0 Å². The minimum Gasteiger partial charge on any atom is -0.438 e. The molecule has 0 unspecified atom stereocenters. The summed E-state index contributed by atoms with van der Waals surface area (Å²) in [6.07, 6.45) is 0. The Labute approximate surface area is 141 Å². The third kappa shape index (κ3) is 2.42. The molecule has 0 fully saturated rings. The molecule has 5 aromatic rings. The largest absolute Gasteiger partial charge is 0.438 e. The summed E-state index contributed by atoms with van der Waals surface area (Å²) in [6.45, 7) is 8.00. The molecule has 0 amide bonds. The first-order valence-electron chi connectivity index (χ1n) is 8.59. The summed E-state index contributed by atoms with van der Waals surface area (Å²) < 4.78 is 5.83. The second-order valence-corrected chi connectivity index (χ2v) is 5.01. The number of furan rings is 1. The zero-order chi connectivity index (χ0) is 17.1. The van der Waals surface area contributed by atoms with E-state index in [2.05, 4.69) is 34.2 Å². The topological polar surface area (TPSA) is 41.8 Å². The van der Waals surface area contributed by atoms with Crippen LogP contribution in [0.5, 0.6) is 0 Å². The van der Waals surface area contributed by atoms with Gasteiger partial charge in [-0.2, -0.15) is 4.98 Å². The van der Waals surface area contributed by atoms with Crippen molar-refractivity contribution in [2.45, 2.75) is 27.7 Å². The Hall–Kier alpha value is -2.81. The van der Waals surface area contributed by atoms with Gasteiger partial charge in [0.05, 0.1) is 0 Å². The van der Waals surface area contributed by atoms with Crippen LogP contribution in [0, 0.1) is 0 Å². The number of pyridine rings is 1. The Morgan fingerprint density at radius 1 is 0.750 bits per heavy atom. The van der Waals surface area contributed by atoms with Crippen molar-refractivity contribution in [2.24, 2.45) is 0 Å². The predicted octanol–water partition coefficient (Wildman–Crippen LogP) is 6.67. The molecule has 0 aliphatic carbocycles. The van der Waals surface area contributed by atoms with Crippen molar-refractivity contribution >= 4 is 44.0 Å². The lowest BCUT2D eigenvalue weighted by Crippen LogP contribution is -1.76. The van der Waals surface area contributed by atoms with Crippen LogP contribution in [0.1, 0.15) is 27.7 Å². The fourth-order valence-corrected chi connectivity index (χ4v) is 2.90. The molecule has 0 aliphatic rings. The van der Waals surface area contributed by atoms with E-state index in [9.17, 15) is 0 Å². The van der Waals surface area contributed by atoms with Crippen LogP contribution in [-0.4, -0.2) is 9.97 Å². The minimum absolute atomic E-state index is 0.685. The van der Waals surface area contributed by atoms with Gasteiger partial charge in [0.1, 0.15) is 11.2 Å². The third-order valence-corrected chi connectivity index (χ3v) is 3.84. The van der Waals surface area contributed by atoms with Crippen LogP contribution >= 0.6 is 0 Å². The zero-order valence-electron chi connectivity index (χ0n) is 14.6. The van der Waals surface area contributed by atoms with Gasteiger partial charge in [-0.3, -0.25) is 0 Å². The highest BCUT2D eigenvalue weighted by Crippen LogP contribution is 2.32. The molecule has 0 spiro atoms. The van der Waals surface area contributed by atoms with E-state index in [0.29, 0.717) is 5.71 Å². The summed E-state index contributed by atoms with van der Waals surface area (Å²) in [5, 5.41) is 4.52. The quantitative estimate of drug-likeness (QED) is 0.346. The van der Waals surface area contributed by atoms with Gasteiger partial charge in [-0.05, 0) is 18.2 Å². The summed E-state index contributed by atoms with van der Waals surface area (Å²) in [6, 6.07) is 18.5. The normalized spacial score (nSPS) is 10.5. The Morgan fingerprint density at radius 3 is 2.21 bits per heavy atom. The molecule has 122 valence electrons. The van der Waals surface area contributed by atoms with Gasteiger partial charge in [0.25, 0.3) is 0 Å². The first-order valence-corrected chi connectivity index (χ1v) is 8.59. The average Bonchev–Trinajstić information content (AvgIpc) is 3.20. The van der Waals surface area contributed by atoms with E-state index in [0.717, 1.165) is 32.9 Å². The van der Waals surface area contributed by atoms with Gasteiger partial charge in [0.15, 0.2) is 0 Å². The molecule has 2 aromatic carbocycles. The van der Waals surface area contributed by atoms with E-state index in [1.807, 2.05) is 58.0 Å². The number of aromatic amines is 1. The fourth-order valence-electron chi connectivity index (χ4n) is 2.90. The summed E-state index contributed by atoms with van der Waals surface area (Å²) in [7, 11) is 0. The SMILES string of the molecule is CC.CC.c1ccc2c(c1)[nH]c1nc3oc4ccccc4c3cc12. The summed E-state index contributed by atoms with van der Waals surface area (Å²) in [5.74, 6) is 0. The molecule has 0 radical (unpaired) electrons. The van der Waals surface area contributed by atoms with Crippen molar-refractivity contribution in [1.82, 2.24) is 9.97 Å². The standard InChI is InChI=1S/C17H10N2O.2C2H6/c1-3-7-14-10(5-1)12-9-13-11-6-2-4-8-15(11)20-17(13)19-16(12)18-14;2*1-2/h1-9H,(H,18,19);2*1-2H3. The number of hydrogen-bond acceptors (Lipinski definition) is 2. The van der Waals surface area contributed by atoms with Crippen molar-refractivity contribution in [2.75, 3.05) is 0 Å². The molecular weight excluding hydrogens is 296 g/mol. The maximum absolute atomic E-state index is 5.83. The average molecular weight is 318 g/mol. The van der Waals surface area contributed by atoms with Crippen LogP contribution in [0.4, 0.5) is 0 Å². The smallest absolute Gasteiger partial charge is 0.229 e. The molecule has 3 aromatic heterocycles. The number of rotatable bonds is 0. The lowest BCUT2D eigenvalue weighted by atomic mass is 10.1. The Balaban J connectivity index is 0.000000396. The Bertz CT molecular complexity index is 1020. The minimum atomic E-state index is 0.685. The molecular formula is C21H22N2O. The Morgan fingerprint density at radius 2 is 1.42 bits per heavy atom. The monoisotopic (exact) mass is 318 g/mol. The number of para-hydroxylation sites is 2. The maximum Gasteiger partial charge on any atom is 0.229 e. The Kier molecular flexibility index (Phi) is 4.52. The molecule has 0 atom stereocenters. The molecule has 0 saturated carbocycles. The van der Waals surface area contributed by atoms with Crippen LogP contribution in [-0.2, 0) is 0 Å². The molecule has 24 heavy (non-hydrogen) atoms. The first kappa shape index (κ1) is 16.1. The van der Waals surface area contributed by atoms with Gasteiger partial charge in [-0.25, -0.2) is 0 Å². The van der Waals surface area contributed by atoms with Crippen molar-refractivity contribution in [3.05, 3.63) is 54.6 Å². The highest BCUT2D eigenvalue weighted by Gasteiger charge is 2.12. The van der Waals surface area contributed by atoms with E-state index >= 15 is 0 Å². The molecule has 0 bridgehead atoms. The van der Waals surface area contributed by atoms with Gasteiger partial charge in [-0.1, -0.05) is 64.1 Å². The number of H-pyrrole nitrogens is 1. The van der Waals surface area contributed by atoms with E-state index in [-0.39, 0.29) is 0 Å². The molecule has 5 rings (SSSR count). The number of benzene rings is 2. The molecule has 1 N–H and O–H groups in total. The van der Waals surface area contributed by atoms with Crippen LogP contribution in [0.15, 0.2) is 59.0 Å². The number of aromatic nitrogens is 2. The van der Waals surface area contributed by atoms with Gasteiger partial charge in [-0.15, -0.1) is 0 Å². The molecule has 0 saturated heterocycles. The summed E-state index contributed by atoms with van der Waals surface area (Å²) in [4.78, 5) is 7.97. The van der Waals surface area contributed by atoms with Crippen molar-refractivity contribution in [1.29, 1.82) is 0 Å². The summed E-state index contributed by atoms with van der Waals surface area (Å²) in [5.41, 5.74) is 3.54. The second-order valence-electron chi connectivity index (χ2n) is 5.01. The van der Waals surface area contributed by atoms with Gasteiger partial charge in [0, 0.05) is 27.1 Å². The lowest BCUT2D eigenvalue weighted by molar-refractivity contribution is 0.655. The van der Waals surface area contributed by atoms with Crippen LogP contribution in [0.2, 0.25) is 0 Å².